The molecule has 1 aliphatic rings. The molecule has 2 N–H and O–H groups in total. The van der Waals surface area contributed by atoms with Gasteiger partial charge in [0, 0.05) is 18.8 Å². The van der Waals surface area contributed by atoms with E-state index >= 15 is 0 Å². The molecule has 1 aliphatic carbocycles. The maximum atomic E-state index is 12.2. The van der Waals surface area contributed by atoms with Crippen molar-refractivity contribution >= 4 is 16.0 Å². The molecule has 2 atom stereocenters. The molecule has 1 aromatic heterocycles. The van der Waals surface area contributed by atoms with E-state index in [4.69, 9.17) is 0 Å². The second-order valence-corrected chi connectivity index (χ2v) is 6.99. The van der Waals surface area contributed by atoms with Crippen LogP contribution in [-0.2, 0) is 21.4 Å². The lowest BCUT2D eigenvalue weighted by Crippen LogP contribution is -2.47. The molecule has 1 heterocycles. The maximum Gasteiger partial charge on any atom is 0.310 e. The second kappa shape index (κ2) is 5.17. The van der Waals surface area contributed by atoms with Gasteiger partial charge in [-0.1, -0.05) is 6.42 Å². The zero-order valence-corrected chi connectivity index (χ0v) is 12.4. The molecule has 112 valence electrons. The van der Waals surface area contributed by atoms with Crippen molar-refractivity contribution in [2.24, 2.45) is 5.41 Å². The standard InChI is InChI=1S/C12H19N3O4S/c1-3-15-7-10(13-8-15)20(18,19)14-9-5-4-6-12(9,2)11(16)17/h7-9,14H,3-6H2,1-2H3,(H,16,17). The highest BCUT2D eigenvalue weighted by Crippen LogP contribution is 2.38. The highest BCUT2D eigenvalue weighted by molar-refractivity contribution is 7.89. The van der Waals surface area contributed by atoms with Crippen LogP contribution < -0.4 is 4.72 Å². The summed E-state index contributed by atoms with van der Waals surface area (Å²) >= 11 is 0. The van der Waals surface area contributed by atoms with Crippen molar-refractivity contribution in [3.8, 4) is 0 Å². The number of carboxylic acids is 1. The third kappa shape index (κ3) is 2.57. The number of hydrogen-bond donors (Lipinski definition) is 2. The van der Waals surface area contributed by atoms with Crippen LogP contribution >= 0.6 is 0 Å². The number of aromatic nitrogens is 2. The molecule has 0 spiro atoms. The predicted octanol–water partition coefficient (Wildman–Crippen LogP) is 0.825. The van der Waals surface area contributed by atoms with Crippen LogP contribution in [0.3, 0.4) is 0 Å². The number of aryl methyl sites for hydroxylation is 1. The number of nitrogens with one attached hydrogen (secondary N) is 1. The van der Waals surface area contributed by atoms with Crippen LogP contribution in [0.25, 0.3) is 0 Å². The molecule has 2 rings (SSSR count). The molecule has 8 heteroatoms. The minimum absolute atomic E-state index is 0.0704. The summed E-state index contributed by atoms with van der Waals surface area (Å²) in [7, 11) is -3.78. The number of carboxylic acid groups (broad SMARTS) is 1. The summed E-state index contributed by atoms with van der Waals surface area (Å²) in [5.74, 6) is -0.971. The van der Waals surface area contributed by atoms with Gasteiger partial charge in [-0.05, 0) is 26.7 Å². The minimum Gasteiger partial charge on any atom is -0.481 e. The zero-order chi connectivity index (χ0) is 15.0. The fraction of sp³-hybridized carbons (Fsp3) is 0.667. The molecule has 1 fully saturated rings. The molecular weight excluding hydrogens is 282 g/mol. The van der Waals surface area contributed by atoms with Gasteiger partial charge in [-0.25, -0.2) is 18.1 Å². The minimum atomic E-state index is -3.78. The van der Waals surface area contributed by atoms with Crippen LogP contribution in [0.1, 0.15) is 33.1 Å². The number of imidazole rings is 1. The first-order valence-corrected chi connectivity index (χ1v) is 8.05. The van der Waals surface area contributed by atoms with E-state index in [0.29, 0.717) is 25.8 Å². The molecule has 0 saturated heterocycles. The maximum absolute atomic E-state index is 12.2. The third-order valence-electron chi connectivity index (χ3n) is 3.99. The molecule has 1 aromatic rings. The van der Waals surface area contributed by atoms with Gasteiger partial charge in [0.15, 0.2) is 5.03 Å². The first-order valence-electron chi connectivity index (χ1n) is 6.57. The Morgan fingerprint density at radius 1 is 1.65 bits per heavy atom. The van der Waals surface area contributed by atoms with Gasteiger partial charge >= 0.3 is 5.97 Å². The van der Waals surface area contributed by atoms with Crippen molar-refractivity contribution in [1.82, 2.24) is 14.3 Å². The van der Waals surface area contributed by atoms with E-state index in [1.165, 1.54) is 12.5 Å². The van der Waals surface area contributed by atoms with Crippen LogP contribution in [0, 0.1) is 5.41 Å². The summed E-state index contributed by atoms with van der Waals surface area (Å²) in [6, 6.07) is -0.600. The summed E-state index contributed by atoms with van der Waals surface area (Å²) < 4.78 is 28.6. The molecule has 0 radical (unpaired) electrons. The smallest absolute Gasteiger partial charge is 0.310 e. The third-order valence-corrected chi connectivity index (χ3v) is 5.35. The van der Waals surface area contributed by atoms with Gasteiger partial charge in [0.25, 0.3) is 10.0 Å². The summed E-state index contributed by atoms with van der Waals surface area (Å²) in [6.07, 6.45) is 4.57. The largest absolute Gasteiger partial charge is 0.481 e. The number of aliphatic carboxylic acids is 1. The van der Waals surface area contributed by atoms with Gasteiger partial charge in [-0.3, -0.25) is 4.79 Å². The van der Waals surface area contributed by atoms with Gasteiger partial charge in [0.05, 0.1) is 11.7 Å². The average Bonchev–Trinajstić information content (AvgIpc) is 2.98. The van der Waals surface area contributed by atoms with Gasteiger partial charge in [0.2, 0.25) is 0 Å². The van der Waals surface area contributed by atoms with Crippen LogP contribution in [0.15, 0.2) is 17.6 Å². The van der Waals surface area contributed by atoms with Crippen molar-refractivity contribution in [3.63, 3.8) is 0 Å². The van der Waals surface area contributed by atoms with Crippen molar-refractivity contribution in [2.75, 3.05) is 0 Å². The fourth-order valence-electron chi connectivity index (χ4n) is 2.51. The summed E-state index contributed by atoms with van der Waals surface area (Å²) in [6.45, 7) is 4.09. The topological polar surface area (TPSA) is 101 Å². The number of nitrogens with zero attached hydrogens (tertiary/aromatic N) is 2. The highest BCUT2D eigenvalue weighted by Gasteiger charge is 2.47. The fourth-order valence-corrected chi connectivity index (χ4v) is 3.84. The number of rotatable bonds is 5. The van der Waals surface area contributed by atoms with Crippen LogP contribution in [-0.4, -0.2) is 35.1 Å². The van der Waals surface area contributed by atoms with E-state index in [1.807, 2.05) is 6.92 Å². The number of carbonyl (C=O) groups is 1. The molecule has 20 heavy (non-hydrogen) atoms. The van der Waals surface area contributed by atoms with E-state index in [2.05, 4.69) is 9.71 Å². The molecule has 0 amide bonds. The molecule has 7 nitrogen and oxygen atoms in total. The van der Waals surface area contributed by atoms with E-state index in [9.17, 15) is 18.3 Å². The Kier molecular flexibility index (Phi) is 3.88. The van der Waals surface area contributed by atoms with Crippen molar-refractivity contribution in [2.45, 2.75) is 50.7 Å². The van der Waals surface area contributed by atoms with Gasteiger partial charge < -0.3 is 9.67 Å². The van der Waals surface area contributed by atoms with Crippen LogP contribution in [0.4, 0.5) is 0 Å². The predicted molar refractivity (Wildman–Crippen MR) is 71.6 cm³/mol. The van der Waals surface area contributed by atoms with E-state index in [1.54, 1.807) is 11.5 Å². The van der Waals surface area contributed by atoms with Crippen molar-refractivity contribution in [3.05, 3.63) is 12.5 Å². The second-order valence-electron chi connectivity index (χ2n) is 5.33. The number of hydrogen-bond acceptors (Lipinski definition) is 4. The van der Waals surface area contributed by atoms with Crippen LogP contribution in [0.2, 0.25) is 0 Å². The molecule has 0 aromatic carbocycles. The molecule has 2 unspecified atom stereocenters. The average molecular weight is 301 g/mol. The van der Waals surface area contributed by atoms with Crippen molar-refractivity contribution in [1.29, 1.82) is 0 Å². The lowest BCUT2D eigenvalue weighted by molar-refractivity contribution is -0.148. The monoisotopic (exact) mass is 301 g/mol. The Labute approximate surface area is 118 Å². The normalized spacial score (nSPS) is 26.8. The summed E-state index contributed by atoms with van der Waals surface area (Å²) in [4.78, 5) is 15.2. The van der Waals surface area contributed by atoms with Gasteiger partial charge in [-0.15, -0.1) is 0 Å². The molecule has 0 bridgehead atoms. The Balaban J connectivity index is 2.22. The zero-order valence-electron chi connectivity index (χ0n) is 11.5. The number of sulfonamides is 1. The summed E-state index contributed by atoms with van der Waals surface area (Å²) in [5.41, 5.74) is -1.06. The molecular formula is C12H19N3O4S. The quantitative estimate of drug-likeness (QED) is 0.838. The lowest BCUT2D eigenvalue weighted by Gasteiger charge is -2.27. The Bertz CT molecular complexity index is 610. The van der Waals surface area contributed by atoms with Gasteiger partial charge in [-0.2, -0.15) is 0 Å². The van der Waals surface area contributed by atoms with Crippen LogP contribution in [0.5, 0.6) is 0 Å². The Hall–Kier alpha value is -1.41. The van der Waals surface area contributed by atoms with Crippen molar-refractivity contribution < 1.29 is 18.3 Å². The first kappa shape index (κ1) is 15.0. The SMILES string of the molecule is CCn1cnc(S(=O)(=O)NC2CCCC2(C)C(=O)O)c1. The molecule has 0 aliphatic heterocycles. The highest BCUT2D eigenvalue weighted by atomic mass is 32.2. The summed E-state index contributed by atoms with van der Waals surface area (Å²) in [5, 5.41) is 9.23. The molecule has 1 saturated carbocycles. The Morgan fingerprint density at radius 3 is 2.90 bits per heavy atom. The Morgan fingerprint density at radius 2 is 2.35 bits per heavy atom. The first-order chi connectivity index (χ1) is 9.29. The van der Waals surface area contributed by atoms with Gasteiger partial charge in [0.1, 0.15) is 0 Å². The van der Waals surface area contributed by atoms with E-state index in [-0.39, 0.29) is 5.03 Å². The van der Waals surface area contributed by atoms with E-state index in [0.717, 1.165) is 0 Å². The van der Waals surface area contributed by atoms with E-state index < -0.39 is 27.4 Å². The lowest BCUT2D eigenvalue weighted by atomic mass is 9.85.